The molecular formula is C9H3BrClNO4S. The first-order valence-corrected chi connectivity index (χ1v) is 6.21. The molecule has 0 saturated heterocycles. The van der Waals surface area contributed by atoms with E-state index in [2.05, 4.69) is 15.9 Å². The summed E-state index contributed by atoms with van der Waals surface area (Å²) in [6, 6.07) is 3.95. The highest BCUT2D eigenvalue weighted by molar-refractivity contribution is 9.10. The van der Waals surface area contributed by atoms with Crippen LogP contribution < -0.4 is 0 Å². The number of carbonyl (C=O) groups excluding carboxylic acids is 1. The van der Waals surface area contributed by atoms with E-state index in [-0.39, 0.29) is 5.76 Å². The third-order valence-electron chi connectivity index (χ3n) is 1.86. The first-order valence-electron chi connectivity index (χ1n) is 4.23. The van der Waals surface area contributed by atoms with Gasteiger partial charge >= 0.3 is 5.88 Å². The van der Waals surface area contributed by atoms with Crippen molar-refractivity contribution in [2.45, 2.75) is 0 Å². The van der Waals surface area contributed by atoms with E-state index in [1.165, 1.54) is 6.07 Å². The maximum Gasteiger partial charge on any atom is 0.433 e. The van der Waals surface area contributed by atoms with E-state index in [1.54, 1.807) is 6.07 Å². The minimum atomic E-state index is -0.700. The molecule has 0 radical (unpaired) electrons. The second kappa shape index (κ2) is 4.59. The van der Waals surface area contributed by atoms with Gasteiger partial charge in [0.15, 0.2) is 5.76 Å². The molecule has 0 amide bonds. The van der Waals surface area contributed by atoms with Crippen molar-refractivity contribution in [2.75, 3.05) is 0 Å². The van der Waals surface area contributed by atoms with Gasteiger partial charge in [-0.05, 0) is 28.1 Å². The average Bonchev–Trinajstić information content (AvgIpc) is 2.86. The van der Waals surface area contributed by atoms with Crippen molar-refractivity contribution >= 4 is 50.5 Å². The van der Waals surface area contributed by atoms with Crippen LogP contribution in [0.15, 0.2) is 27.1 Å². The van der Waals surface area contributed by atoms with E-state index >= 15 is 0 Å². The molecule has 0 saturated carbocycles. The van der Waals surface area contributed by atoms with Crippen LogP contribution in [0.3, 0.4) is 0 Å². The number of nitrogens with zero attached hydrogens (tertiary/aromatic N) is 1. The summed E-state index contributed by atoms with van der Waals surface area (Å²) < 4.78 is 5.85. The lowest BCUT2D eigenvalue weighted by Crippen LogP contribution is -1.95. The Labute approximate surface area is 112 Å². The molecule has 5 nitrogen and oxygen atoms in total. The number of rotatable bonds is 3. The fraction of sp³-hybridized carbons (Fsp3) is 0. The van der Waals surface area contributed by atoms with Crippen LogP contribution in [-0.4, -0.2) is 10.7 Å². The maximum absolute atomic E-state index is 11.9. The number of hydrogen-bond acceptors (Lipinski definition) is 5. The monoisotopic (exact) mass is 335 g/mol. The zero-order chi connectivity index (χ0) is 12.6. The average molecular weight is 337 g/mol. The first-order chi connectivity index (χ1) is 7.99. The molecule has 0 aromatic carbocycles. The van der Waals surface area contributed by atoms with Gasteiger partial charge in [0.05, 0.1) is 10.9 Å². The highest BCUT2D eigenvalue weighted by Gasteiger charge is 2.21. The first kappa shape index (κ1) is 12.3. The summed E-state index contributed by atoms with van der Waals surface area (Å²) in [5, 5.41) is 10.4. The van der Waals surface area contributed by atoms with Crippen molar-refractivity contribution in [1.82, 2.24) is 0 Å². The number of carbonyl (C=O) groups is 1. The van der Waals surface area contributed by atoms with Gasteiger partial charge in [-0.15, -0.1) is 11.3 Å². The zero-order valence-corrected chi connectivity index (χ0v) is 11.1. The van der Waals surface area contributed by atoms with E-state index in [9.17, 15) is 14.9 Å². The van der Waals surface area contributed by atoms with Crippen LogP contribution in [0.1, 0.15) is 15.4 Å². The Balaban J connectivity index is 2.33. The number of thiophene rings is 1. The highest BCUT2D eigenvalue weighted by atomic mass is 79.9. The molecule has 2 aromatic rings. The van der Waals surface area contributed by atoms with Crippen LogP contribution >= 0.6 is 38.9 Å². The molecule has 8 heteroatoms. The highest BCUT2D eigenvalue weighted by Crippen LogP contribution is 2.33. The molecule has 0 bridgehead atoms. The lowest BCUT2D eigenvalue weighted by molar-refractivity contribution is -0.402. The molecular weight excluding hydrogens is 334 g/mol. The topological polar surface area (TPSA) is 73.3 Å². The summed E-state index contributed by atoms with van der Waals surface area (Å²) >= 11 is 10.0. The van der Waals surface area contributed by atoms with Crippen LogP contribution in [0.5, 0.6) is 0 Å². The molecule has 2 aromatic heterocycles. The minimum absolute atomic E-state index is 0.0814. The summed E-state index contributed by atoms with van der Waals surface area (Å²) in [7, 11) is 0. The lowest BCUT2D eigenvalue weighted by atomic mass is 10.2. The number of furan rings is 1. The normalized spacial score (nSPS) is 10.5. The van der Waals surface area contributed by atoms with Gasteiger partial charge in [0, 0.05) is 4.47 Å². The Hall–Kier alpha value is -1.18. The third-order valence-corrected chi connectivity index (χ3v) is 4.34. The Kier molecular flexibility index (Phi) is 3.32. The van der Waals surface area contributed by atoms with Crippen LogP contribution in [-0.2, 0) is 0 Å². The van der Waals surface area contributed by atoms with E-state index in [0.29, 0.717) is 13.7 Å². The van der Waals surface area contributed by atoms with E-state index < -0.39 is 16.6 Å². The molecule has 0 spiro atoms. The predicted molar refractivity (Wildman–Crippen MR) is 65.8 cm³/mol. The van der Waals surface area contributed by atoms with Crippen LogP contribution in [0.25, 0.3) is 0 Å². The molecule has 2 rings (SSSR count). The van der Waals surface area contributed by atoms with Gasteiger partial charge in [-0.2, -0.15) is 0 Å². The molecule has 0 aliphatic heterocycles. The molecule has 0 unspecified atom stereocenters. The van der Waals surface area contributed by atoms with Crippen LogP contribution in [0.2, 0.25) is 4.34 Å². The van der Waals surface area contributed by atoms with Crippen molar-refractivity contribution < 1.29 is 14.1 Å². The van der Waals surface area contributed by atoms with Crippen LogP contribution in [0, 0.1) is 10.1 Å². The number of hydrogen-bond donors (Lipinski definition) is 0. The number of nitro groups is 1. The van der Waals surface area contributed by atoms with Gasteiger partial charge in [0.2, 0.25) is 5.78 Å². The molecule has 0 N–H and O–H groups in total. The fourth-order valence-electron chi connectivity index (χ4n) is 1.13. The van der Waals surface area contributed by atoms with Crippen LogP contribution in [0.4, 0.5) is 5.88 Å². The largest absolute Gasteiger partial charge is 0.433 e. The van der Waals surface area contributed by atoms with Crippen molar-refractivity contribution in [2.24, 2.45) is 0 Å². The third kappa shape index (κ3) is 2.41. The van der Waals surface area contributed by atoms with E-state index in [0.717, 1.165) is 17.4 Å². The Morgan fingerprint density at radius 2 is 2.24 bits per heavy atom. The number of halogens is 2. The van der Waals surface area contributed by atoms with Gasteiger partial charge in [0.1, 0.15) is 9.26 Å². The summed E-state index contributed by atoms with van der Waals surface area (Å²) in [5.74, 6) is -0.979. The second-order valence-electron chi connectivity index (χ2n) is 2.96. The van der Waals surface area contributed by atoms with Gasteiger partial charge in [0.25, 0.3) is 0 Å². The summed E-state index contributed by atoms with van der Waals surface area (Å²) in [4.78, 5) is 21.9. The minimum Gasteiger partial charge on any atom is -0.397 e. The molecule has 88 valence electrons. The van der Waals surface area contributed by atoms with Crippen molar-refractivity contribution in [1.29, 1.82) is 0 Å². The molecule has 0 aliphatic rings. The standard InChI is InChI=1S/C9H3BrClNO4S/c10-4-3-6(17-9(4)11)8(13)5-1-2-7(16-5)12(14)15/h1-3H. The van der Waals surface area contributed by atoms with Crippen molar-refractivity contribution in [3.63, 3.8) is 0 Å². The van der Waals surface area contributed by atoms with Crippen molar-refractivity contribution in [3.05, 3.63) is 47.8 Å². The molecule has 0 aliphatic carbocycles. The Morgan fingerprint density at radius 1 is 1.53 bits per heavy atom. The van der Waals surface area contributed by atoms with Gasteiger partial charge in [-0.3, -0.25) is 14.9 Å². The summed E-state index contributed by atoms with van der Waals surface area (Å²) in [6.45, 7) is 0. The summed E-state index contributed by atoms with van der Waals surface area (Å²) in [5.41, 5.74) is 0. The smallest absolute Gasteiger partial charge is 0.397 e. The predicted octanol–water partition coefficient (Wildman–Crippen LogP) is 3.90. The maximum atomic E-state index is 11.9. The second-order valence-corrected chi connectivity index (χ2v) is 5.47. The van der Waals surface area contributed by atoms with Gasteiger partial charge in [-0.25, -0.2) is 0 Å². The van der Waals surface area contributed by atoms with Crippen molar-refractivity contribution in [3.8, 4) is 0 Å². The lowest BCUT2D eigenvalue weighted by Gasteiger charge is -1.90. The van der Waals surface area contributed by atoms with Gasteiger partial charge < -0.3 is 4.42 Å². The summed E-state index contributed by atoms with van der Waals surface area (Å²) in [6.07, 6.45) is 0. The number of ketones is 1. The molecule has 17 heavy (non-hydrogen) atoms. The SMILES string of the molecule is O=C(c1ccc([N+](=O)[O-])o1)c1cc(Br)c(Cl)s1. The quantitative estimate of drug-likeness (QED) is 0.484. The van der Waals surface area contributed by atoms with E-state index in [4.69, 9.17) is 16.0 Å². The zero-order valence-electron chi connectivity index (χ0n) is 7.98. The molecule has 2 heterocycles. The fourth-order valence-corrected chi connectivity index (χ4v) is 2.77. The Morgan fingerprint density at radius 3 is 2.71 bits per heavy atom. The molecule has 0 fully saturated rings. The molecule has 0 atom stereocenters. The Bertz CT molecular complexity index is 586. The van der Waals surface area contributed by atoms with Gasteiger partial charge in [-0.1, -0.05) is 11.6 Å². The van der Waals surface area contributed by atoms with E-state index in [1.807, 2.05) is 0 Å².